The minimum Gasteiger partial charge on any atom is -0.465 e. The van der Waals surface area contributed by atoms with Gasteiger partial charge in [-0.2, -0.15) is 13.2 Å². The Morgan fingerprint density at radius 3 is 1.94 bits per heavy atom. The molecule has 0 saturated heterocycles. The molecule has 0 radical (unpaired) electrons. The van der Waals surface area contributed by atoms with Crippen LogP contribution in [-0.4, -0.2) is 6.18 Å². The molecule has 0 amide bonds. The third-order valence-electron chi connectivity index (χ3n) is 2.18. The van der Waals surface area contributed by atoms with Crippen molar-refractivity contribution in [3.63, 3.8) is 0 Å². The fourth-order valence-corrected chi connectivity index (χ4v) is 1.22. The highest BCUT2D eigenvalue weighted by Crippen LogP contribution is 2.24. The first-order valence-corrected chi connectivity index (χ1v) is 5.20. The number of hydrogen-bond donors (Lipinski definition) is 0. The maximum absolute atomic E-state index is 11.8. The Morgan fingerprint density at radius 1 is 1.00 bits per heavy atom. The lowest BCUT2D eigenvalue weighted by molar-refractivity contribution is -0.0809. The quantitative estimate of drug-likeness (QED) is 0.699. The Hall–Kier alpha value is -1.45. The number of benzene rings is 1. The SMILES string of the molecule is CC(C)(C)c1ccc(O/C=C\C(F)(F)F)cc1. The zero-order chi connectivity index (χ0) is 13.1. The van der Waals surface area contributed by atoms with E-state index in [1.807, 2.05) is 12.1 Å². The summed E-state index contributed by atoms with van der Waals surface area (Å²) in [5.74, 6) is 0.388. The van der Waals surface area contributed by atoms with Gasteiger partial charge in [0.2, 0.25) is 0 Å². The van der Waals surface area contributed by atoms with Crippen LogP contribution in [0.1, 0.15) is 26.3 Å². The standard InChI is InChI=1S/C13H15F3O/c1-12(2,3)10-4-6-11(7-5-10)17-9-8-13(14,15)16/h4-9H,1-3H3/b9-8-. The third kappa shape index (κ3) is 4.93. The van der Waals surface area contributed by atoms with Crippen molar-refractivity contribution in [2.24, 2.45) is 0 Å². The van der Waals surface area contributed by atoms with Gasteiger partial charge in [0.25, 0.3) is 0 Å². The van der Waals surface area contributed by atoms with Crippen LogP contribution in [0.5, 0.6) is 5.75 Å². The van der Waals surface area contributed by atoms with Crippen LogP contribution in [0.15, 0.2) is 36.6 Å². The van der Waals surface area contributed by atoms with Gasteiger partial charge in [0.1, 0.15) is 5.75 Å². The zero-order valence-corrected chi connectivity index (χ0v) is 10.0. The first-order valence-electron chi connectivity index (χ1n) is 5.20. The molecule has 0 unspecified atom stereocenters. The molecule has 0 heterocycles. The van der Waals surface area contributed by atoms with E-state index in [9.17, 15) is 13.2 Å². The summed E-state index contributed by atoms with van der Waals surface area (Å²) >= 11 is 0. The molecule has 0 aliphatic heterocycles. The molecule has 94 valence electrons. The molecule has 0 bridgehead atoms. The fourth-order valence-electron chi connectivity index (χ4n) is 1.22. The highest BCUT2D eigenvalue weighted by molar-refractivity contribution is 5.31. The lowest BCUT2D eigenvalue weighted by atomic mass is 9.87. The summed E-state index contributed by atoms with van der Waals surface area (Å²) < 4.78 is 40.3. The summed E-state index contributed by atoms with van der Waals surface area (Å²) in [6, 6.07) is 7.00. The van der Waals surface area contributed by atoms with E-state index in [0.717, 1.165) is 5.56 Å². The minimum atomic E-state index is -4.34. The second kappa shape index (κ2) is 4.82. The average Bonchev–Trinajstić information content (AvgIpc) is 2.15. The van der Waals surface area contributed by atoms with Gasteiger partial charge in [-0.05, 0) is 23.1 Å². The van der Waals surface area contributed by atoms with Crippen molar-refractivity contribution in [1.82, 2.24) is 0 Å². The second-order valence-electron chi connectivity index (χ2n) is 4.74. The van der Waals surface area contributed by atoms with Gasteiger partial charge >= 0.3 is 6.18 Å². The Kier molecular flexibility index (Phi) is 3.86. The first-order chi connectivity index (χ1) is 7.68. The number of halogens is 3. The third-order valence-corrected chi connectivity index (χ3v) is 2.18. The van der Waals surface area contributed by atoms with Crippen LogP contribution in [0.4, 0.5) is 13.2 Å². The first kappa shape index (κ1) is 13.6. The maximum Gasteiger partial charge on any atom is 0.412 e. The number of ether oxygens (including phenoxy) is 1. The summed E-state index contributed by atoms with van der Waals surface area (Å²) in [7, 11) is 0. The monoisotopic (exact) mass is 244 g/mol. The molecule has 0 spiro atoms. The summed E-state index contributed by atoms with van der Waals surface area (Å²) in [5.41, 5.74) is 1.12. The van der Waals surface area contributed by atoms with Crippen molar-refractivity contribution in [2.45, 2.75) is 32.4 Å². The molecule has 0 aliphatic rings. The number of alkyl halides is 3. The molecule has 0 aliphatic carbocycles. The molecule has 17 heavy (non-hydrogen) atoms. The number of allylic oxidation sites excluding steroid dienone is 1. The molecule has 0 saturated carbocycles. The minimum absolute atomic E-state index is 0.0142. The van der Waals surface area contributed by atoms with Crippen LogP contribution in [0.2, 0.25) is 0 Å². The average molecular weight is 244 g/mol. The predicted molar refractivity (Wildman–Crippen MR) is 61.0 cm³/mol. The van der Waals surface area contributed by atoms with Gasteiger partial charge < -0.3 is 4.74 Å². The number of hydrogen-bond acceptors (Lipinski definition) is 1. The van der Waals surface area contributed by atoms with E-state index in [0.29, 0.717) is 12.0 Å². The smallest absolute Gasteiger partial charge is 0.412 e. The summed E-state index contributed by atoms with van der Waals surface area (Å²) in [6.07, 6.45) is -3.64. The molecular formula is C13H15F3O. The van der Waals surface area contributed by atoms with Crippen LogP contribution in [0.25, 0.3) is 0 Å². The lowest BCUT2D eigenvalue weighted by Crippen LogP contribution is -2.10. The Morgan fingerprint density at radius 2 is 1.53 bits per heavy atom. The van der Waals surface area contributed by atoms with Crippen molar-refractivity contribution >= 4 is 0 Å². The van der Waals surface area contributed by atoms with Crippen LogP contribution in [-0.2, 0) is 5.41 Å². The van der Waals surface area contributed by atoms with Gasteiger partial charge in [-0.15, -0.1) is 0 Å². The zero-order valence-electron chi connectivity index (χ0n) is 10.0. The Balaban J connectivity index is 2.67. The molecule has 0 aromatic heterocycles. The van der Waals surface area contributed by atoms with E-state index in [1.54, 1.807) is 12.1 Å². The van der Waals surface area contributed by atoms with Crippen molar-refractivity contribution in [3.05, 3.63) is 42.2 Å². The Bertz CT molecular complexity index is 383. The molecule has 0 atom stereocenters. The van der Waals surface area contributed by atoms with Crippen molar-refractivity contribution < 1.29 is 17.9 Å². The van der Waals surface area contributed by atoms with Crippen molar-refractivity contribution in [1.29, 1.82) is 0 Å². The van der Waals surface area contributed by atoms with Crippen LogP contribution in [0, 0.1) is 0 Å². The summed E-state index contributed by atoms with van der Waals surface area (Å²) in [5, 5.41) is 0. The predicted octanol–water partition coefficient (Wildman–Crippen LogP) is 4.44. The second-order valence-corrected chi connectivity index (χ2v) is 4.74. The van der Waals surface area contributed by atoms with E-state index in [-0.39, 0.29) is 11.5 Å². The van der Waals surface area contributed by atoms with Gasteiger partial charge in [-0.1, -0.05) is 32.9 Å². The van der Waals surface area contributed by atoms with Crippen molar-refractivity contribution in [3.8, 4) is 5.75 Å². The van der Waals surface area contributed by atoms with Gasteiger partial charge in [0.05, 0.1) is 12.3 Å². The van der Waals surface area contributed by atoms with Crippen LogP contribution < -0.4 is 4.74 Å². The molecule has 0 fully saturated rings. The van der Waals surface area contributed by atoms with Crippen molar-refractivity contribution in [2.75, 3.05) is 0 Å². The van der Waals surface area contributed by atoms with Gasteiger partial charge in [-0.25, -0.2) is 0 Å². The van der Waals surface area contributed by atoms with Crippen LogP contribution >= 0.6 is 0 Å². The van der Waals surface area contributed by atoms with E-state index in [2.05, 4.69) is 20.8 Å². The maximum atomic E-state index is 11.8. The molecule has 1 aromatic rings. The molecule has 0 N–H and O–H groups in total. The van der Waals surface area contributed by atoms with E-state index < -0.39 is 6.18 Å². The fraction of sp³-hybridized carbons (Fsp3) is 0.385. The molecule has 1 nitrogen and oxygen atoms in total. The largest absolute Gasteiger partial charge is 0.465 e. The summed E-state index contributed by atoms with van der Waals surface area (Å²) in [4.78, 5) is 0. The molecule has 1 aromatic carbocycles. The molecule has 4 heteroatoms. The van der Waals surface area contributed by atoms with Crippen LogP contribution in [0.3, 0.4) is 0 Å². The van der Waals surface area contributed by atoms with Gasteiger partial charge in [-0.3, -0.25) is 0 Å². The lowest BCUT2D eigenvalue weighted by Gasteiger charge is -2.18. The van der Waals surface area contributed by atoms with E-state index in [1.165, 1.54) is 0 Å². The Labute approximate surface area is 98.9 Å². The molecule has 1 rings (SSSR count). The molecular weight excluding hydrogens is 229 g/mol. The van der Waals surface area contributed by atoms with Gasteiger partial charge in [0.15, 0.2) is 0 Å². The van der Waals surface area contributed by atoms with Gasteiger partial charge in [0, 0.05) is 0 Å². The van der Waals surface area contributed by atoms with E-state index >= 15 is 0 Å². The van der Waals surface area contributed by atoms with E-state index in [4.69, 9.17) is 4.74 Å². The summed E-state index contributed by atoms with van der Waals surface area (Å²) in [6.45, 7) is 6.19. The number of rotatable bonds is 2. The highest BCUT2D eigenvalue weighted by atomic mass is 19.4. The normalized spacial score (nSPS) is 13.1. The topological polar surface area (TPSA) is 9.23 Å². The highest BCUT2D eigenvalue weighted by Gasteiger charge is 2.22.